The molecule has 0 bridgehead atoms. The number of nitrogens with zero attached hydrogens (tertiary/aromatic N) is 4. The van der Waals surface area contributed by atoms with Crippen LogP contribution in [0.3, 0.4) is 0 Å². The summed E-state index contributed by atoms with van der Waals surface area (Å²) in [5, 5.41) is 0. The van der Waals surface area contributed by atoms with E-state index in [0.29, 0.717) is 24.5 Å². The van der Waals surface area contributed by atoms with Crippen LogP contribution in [-0.4, -0.2) is 43.1 Å². The van der Waals surface area contributed by atoms with Crippen molar-refractivity contribution in [3.8, 4) is 11.4 Å². The molecule has 0 radical (unpaired) electrons. The average molecular weight is 497 g/mol. The molecular formula is C24H25BrN4O3. The first-order valence-electron chi connectivity index (χ1n) is 10.8. The monoisotopic (exact) mass is 496 g/mol. The van der Waals surface area contributed by atoms with Crippen molar-refractivity contribution in [1.82, 2.24) is 19.0 Å². The molecule has 0 saturated heterocycles. The first-order chi connectivity index (χ1) is 15.2. The van der Waals surface area contributed by atoms with Crippen molar-refractivity contribution < 1.29 is 9.53 Å². The average Bonchev–Trinajstić information content (AvgIpc) is 3.18. The number of aromatic nitrogens is 3. The summed E-state index contributed by atoms with van der Waals surface area (Å²) in [4.78, 5) is 32.6. The van der Waals surface area contributed by atoms with Gasteiger partial charge in [0.25, 0.3) is 11.5 Å². The second-order valence-electron chi connectivity index (χ2n) is 9.03. The van der Waals surface area contributed by atoms with E-state index in [2.05, 4.69) is 33.9 Å². The standard InChI is InChI=1S/C24H25BrN4O3/c1-15-11-27(14-26-15)19-5-6-20-23(31)29(16(2)12-28(20)22(19)30)13-24(3)9-8-17-10-18(25)4-7-21(17)32-24/h4-7,10-11,14,16H,8-9,12-13H2,1-3H3. The van der Waals surface area contributed by atoms with Crippen molar-refractivity contribution >= 4 is 21.8 Å². The Bertz CT molecular complexity index is 1280. The number of ether oxygens (including phenoxy) is 1. The number of carbonyl (C=O) groups excluding carboxylic acids is 1. The number of halogens is 1. The van der Waals surface area contributed by atoms with E-state index in [-0.39, 0.29) is 17.5 Å². The van der Waals surface area contributed by atoms with E-state index in [1.54, 1.807) is 27.6 Å². The molecule has 8 heteroatoms. The Balaban J connectivity index is 1.42. The zero-order valence-electron chi connectivity index (χ0n) is 18.3. The lowest BCUT2D eigenvalue weighted by molar-refractivity contribution is 0.00689. The second-order valence-corrected chi connectivity index (χ2v) is 9.94. The number of benzene rings is 1. The lowest BCUT2D eigenvalue weighted by Crippen LogP contribution is -2.56. The molecule has 0 fully saturated rings. The molecule has 2 aromatic heterocycles. The van der Waals surface area contributed by atoms with Crippen molar-refractivity contribution in [2.24, 2.45) is 0 Å². The first-order valence-corrected chi connectivity index (χ1v) is 11.6. The van der Waals surface area contributed by atoms with Gasteiger partial charge in [0.1, 0.15) is 22.7 Å². The van der Waals surface area contributed by atoms with Crippen molar-refractivity contribution in [3.63, 3.8) is 0 Å². The van der Waals surface area contributed by atoms with Gasteiger partial charge >= 0.3 is 0 Å². The topological polar surface area (TPSA) is 69.4 Å². The van der Waals surface area contributed by atoms with Gasteiger partial charge in [0.05, 0.1) is 18.6 Å². The summed E-state index contributed by atoms with van der Waals surface area (Å²) < 4.78 is 10.7. The predicted molar refractivity (Wildman–Crippen MR) is 125 cm³/mol. The molecule has 0 saturated carbocycles. The molecule has 32 heavy (non-hydrogen) atoms. The van der Waals surface area contributed by atoms with Crippen LogP contribution in [0.4, 0.5) is 0 Å². The van der Waals surface area contributed by atoms with Crippen molar-refractivity contribution in [2.75, 3.05) is 6.54 Å². The fraction of sp³-hybridized carbons (Fsp3) is 0.375. The van der Waals surface area contributed by atoms with Gasteiger partial charge in [-0.3, -0.25) is 9.59 Å². The number of hydrogen-bond acceptors (Lipinski definition) is 4. The fourth-order valence-corrected chi connectivity index (χ4v) is 5.06. The number of amides is 1. The van der Waals surface area contributed by atoms with Crippen LogP contribution in [-0.2, 0) is 13.0 Å². The van der Waals surface area contributed by atoms with Crippen LogP contribution in [0, 0.1) is 6.92 Å². The Morgan fingerprint density at radius 3 is 2.81 bits per heavy atom. The Morgan fingerprint density at radius 1 is 1.25 bits per heavy atom. The largest absolute Gasteiger partial charge is 0.485 e. The van der Waals surface area contributed by atoms with Crippen LogP contribution >= 0.6 is 15.9 Å². The van der Waals surface area contributed by atoms with E-state index in [9.17, 15) is 9.59 Å². The van der Waals surface area contributed by atoms with Crippen LogP contribution in [0.1, 0.15) is 42.0 Å². The molecule has 7 nitrogen and oxygen atoms in total. The number of rotatable bonds is 3. The van der Waals surface area contributed by atoms with Crippen molar-refractivity contribution in [2.45, 2.75) is 51.8 Å². The molecule has 0 N–H and O–H groups in total. The van der Waals surface area contributed by atoms with Crippen LogP contribution < -0.4 is 10.3 Å². The van der Waals surface area contributed by atoms with Crippen LogP contribution in [0.5, 0.6) is 5.75 Å². The van der Waals surface area contributed by atoms with Gasteiger partial charge in [-0.05, 0) is 69.5 Å². The minimum Gasteiger partial charge on any atom is -0.485 e. The van der Waals surface area contributed by atoms with Gasteiger partial charge in [0, 0.05) is 23.3 Å². The molecule has 5 rings (SSSR count). The van der Waals surface area contributed by atoms with E-state index < -0.39 is 5.60 Å². The fourth-order valence-electron chi connectivity index (χ4n) is 4.65. The lowest BCUT2D eigenvalue weighted by atomic mass is 9.91. The van der Waals surface area contributed by atoms with E-state index in [0.717, 1.165) is 28.8 Å². The predicted octanol–water partition coefficient (Wildman–Crippen LogP) is 3.73. The molecule has 2 aliphatic heterocycles. The summed E-state index contributed by atoms with van der Waals surface area (Å²) in [5.74, 6) is 0.733. The summed E-state index contributed by atoms with van der Waals surface area (Å²) in [6.07, 6.45) is 5.14. The Labute approximate surface area is 194 Å². The minimum absolute atomic E-state index is 0.126. The molecule has 0 spiro atoms. The highest BCUT2D eigenvalue weighted by molar-refractivity contribution is 9.10. The van der Waals surface area contributed by atoms with Gasteiger partial charge in [-0.25, -0.2) is 4.98 Å². The van der Waals surface area contributed by atoms with Gasteiger partial charge in [0.15, 0.2) is 0 Å². The van der Waals surface area contributed by atoms with E-state index in [4.69, 9.17) is 4.74 Å². The molecule has 0 aliphatic carbocycles. The molecule has 2 atom stereocenters. The number of imidazole rings is 1. The molecule has 2 unspecified atom stereocenters. The lowest BCUT2D eigenvalue weighted by Gasteiger charge is -2.43. The van der Waals surface area contributed by atoms with Crippen LogP contribution in [0.25, 0.3) is 5.69 Å². The van der Waals surface area contributed by atoms with Gasteiger partial charge in [0.2, 0.25) is 0 Å². The highest BCUT2D eigenvalue weighted by Crippen LogP contribution is 2.36. The van der Waals surface area contributed by atoms with E-state index in [1.807, 2.05) is 37.1 Å². The van der Waals surface area contributed by atoms with Gasteiger partial charge < -0.3 is 18.8 Å². The summed E-state index contributed by atoms with van der Waals surface area (Å²) in [5.41, 5.74) is 2.25. The third-order valence-corrected chi connectivity index (χ3v) is 6.90. The minimum atomic E-state index is -0.485. The molecule has 1 aromatic carbocycles. The van der Waals surface area contributed by atoms with Crippen molar-refractivity contribution in [3.05, 3.63) is 74.6 Å². The smallest absolute Gasteiger partial charge is 0.275 e. The van der Waals surface area contributed by atoms with Gasteiger partial charge in [-0.15, -0.1) is 0 Å². The van der Waals surface area contributed by atoms with E-state index in [1.165, 1.54) is 5.56 Å². The highest BCUT2D eigenvalue weighted by Gasteiger charge is 2.39. The van der Waals surface area contributed by atoms with E-state index >= 15 is 0 Å². The second kappa shape index (κ2) is 7.62. The number of aryl methyl sites for hydroxylation is 2. The zero-order chi connectivity index (χ0) is 22.6. The Morgan fingerprint density at radius 2 is 2.06 bits per heavy atom. The van der Waals surface area contributed by atoms with Gasteiger partial charge in [-0.2, -0.15) is 0 Å². The quantitative estimate of drug-likeness (QED) is 0.553. The maximum Gasteiger partial charge on any atom is 0.275 e. The van der Waals surface area contributed by atoms with Gasteiger partial charge in [-0.1, -0.05) is 15.9 Å². The molecule has 3 aromatic rings. The van der Waals surface area contributed by atoms with Crippen LogP contribution in [0.15, 0.2) is 52.1 Å². The number of fused-ring (bicyclic) bond motifs is 2. The molecule has 4 heterocycles. The molecular weight excluding hydrogens is 472 g/mol. The maximum absolute atomic E-state index is 13.4. The molecule has 166 valence electrons. The van der Waals surface area contributed by atoms with Crippen LogP contribution in [0.2, 0.25) is 0 Å². The SMILES string of the molecule is Cc1cn(-c2ccc3n(c2=O)CC(C)N(CC2(C)CCc4cc(Br)ccc4O2)C3=O)cn1. The summed E-state index contributed by atoms with van der Waals surface area (Å²) >= 11 is 3.52. The Kier molecular flexibility index (Phi) is 5.00. The molecule has 1 amide bonds. The number of carbonyl (C=O) groups is 1. The first kappa shape index (κ1) is 21.0. The number of hydrogen-bond donors (Lipinski definition) is 0. The summed E-state index contributed by atoms with van der Waals surface area (Å²) in [6.45, 7) is 6.84. The molecule has 2 aliphatic rings. The third-order valence-electron chi connectivity index (χ3n) is 6.41. The number of pyridine rings is 1. The third kappa shape index (κ3) is 3.56. The Hall–Kier alpha value is -2.87. The maximum atomic E-state index is 13.4. The zero-order valence-corrected chi connectivity index (χ0v) is 19.9. The highest BCUT2D eigenvalue weighted by atomic mass is 79.9. The normalized spacial score (nSPS) is 22.3. The summed E-state index contributed by atoms with van der Waals surface area (Å²) in [7, 11) is 0. The van der Waals surface area contributed by atoms with Crippen molar-refractivity contribution in [1.29, 1.82) is 0 Å². The summed E-state index contributed by atoms with van der Waals surface area (Å²) in [6, 6.07) is 9.36.